The van der Waals surface area contributed by atoms with Gasteiger partial charge < -0.3 is 19.9 Å². The van der Waals surface area contributed by atoms with Gasteiger partial charge >= 0.3 is 0 Å². The second-order valence-electron chi connectivity index (χ2n) is 7.09. The fourth-order valence-electron chi connectivity index (χ4n) is 3.73. The molecule has 4 rings (SSSR count). The Labute approximate surface area is 163 Å². The molecule has 4 heterocycles. The molecule has 1 unspecified atom stereocenters. The zero-order chi connectivity index (χ0) is 18.5. The van der Waals surface area contributed by atoms with Crippen molar-refractivity contribution in [2.45, 2.75) is 12.8 Å². The number of thioether (sulfide) groups is 1. The first-order chi connectivity index (χ1) is 13.3. The maximum atomic E-state index is 5.22. The fourth-order valence-corrected chi connectivity index (χ4v) is 4.63. The molecule has 0 spiro atoms. The first-order valence-electron chi connectivity index (χ1n) is 9.61. The van der Waals surface area contributed by atoms with Crippen LogP contribution in [-0.4, -0.2) is 89.7 Å². The van der Waals surface area contributed by atoms with Crippen LogP contribution >= 0.6 is 11.8 Å². The number of methoxy groups -OCH3 is 1. The van der Waals surface area contributed by atoms with Gasteiger partial charge in [0.1, 0.15) is 0 Å². The average Bonchev–Trinajstić information content (AvgIpc) is 3.18. The third kappa shape index (κ3) is 4.61. The maximum absolute atomic E-state index is 5.22. The van der Waals surface area contributed by atoms with E-state index in [-0.39, 0.29) is 0 Å². The zero-order valence-electron chi connectivity index (χ0n) is 15.8. The number of hydrogen-bond donors (Lipinski definition) is 1. The molecular weight excluding hydrogens is 366 g/mol. The molecule has 0 saturated carbocycles. The van der Waals surface area contributed by atoms with Crippen LogP contribution in [0.4, 0.5) is 11.6 Å². The van der Waals surface area contributed by atoms with Gasteiger partial charge in [-0.3, -0.25) is 0 Å². The van der Waals surface area contributed by atoms with Crippen LogP contribution < -0.4 is 10.2 Å². The summed E-state index contributed by atoms with van der Waals surface area (Å²) in [6.45, 7) is 6.86. The van der Waals surface area contributed by atoms with Crippen LogP contribution in [0.1, 0.15) is 12.8 Å². The molecule has 2 saturated heterocycles. The number of piperidine rings is 1. The van der Waals surface area contributed by atoms with E-state index in [0.717, 1.165) is 69.0 Å². The van der Waals surface area contributed by atoms with Crippen molar-refractivity contribution in [3.63, 3.8) is 0 Å². The summed E-state index contributed by atoms with van der Waals surface area (Å²) >= 11 is 1.97. The number of anilines is 2. The van der Waals surface area contributed by atoms with Gasteiger partial charge in [-0.15, -0.1) is 0 Å². The Morgan fingerprint density at radius 1 is 1.19 bits per heavy atom. The summed E-state index contributed by atoms with van der Waals surface area (Å²) in [5.74, 6) is 4.46. The minimum absolute atomic E-state index is 0.456. The SMILES string of the molecule is COCCN1CCCC(CNc2nc3nonc3nc2N2CCSCC2)C1. The number of nitrogens with one attached hydrogen (secondary N) is 1. The van der Waals surface area contributed by atoms with E-state index in [4.69, 9.17) is 9.37 Å². The molecule has 0 bridgehead atoms. The molecule has 27 heavy (non-hydrogen) atoms. The van der Waals surface area contributed by atoms with Gasteiger partial charge in [-0.1, -0.05) is 0 Å². The molecule has 0 aromatic carbocycles. The molecule has 2 aliphatic heterocycles. The van der Waals surface area contributed by atoms with Crippen LogP contribution in [-0.2, 0) is 4.74 Å². The van der Waals surface area contributed by atoms with Crippen LogP contribution in [0.3, 0.4) is 0 Å². The van der Waals surface area contributed by atoms with Crippen LogP contribution in [0, 0.1) is 5.92 Å². The first kappa shape index (κ1) is 18.7. The van der Waals surface area contributed by atoms with Crippen molar-refractivity contribution < 1.29 is 9.37 Å². The molecule has 9 nitrogen and oxygen atoms in total. The van der Waals surface area contributed by atoms with Crippen LogP contribution in [0.2, 0.25) is 0 Å². The normalized spacial score (nSPS) is 21.7. The molecule has 2 fully saturated rings. The Kier molecular flexibility index (Phi) is 6.25. The second-order valence-corrected chi connectivity index (χ2v) is 8.31. The number of aromatic nitrogens is 4. The topological polar surface area (TPSA) is 92.4 Å². The highest BCUT2D eigenvalue weighted by Gasteiger charge is 2.23. The first-order valence-corrected chi connectivity index (χ1v) is 10.8. The monoisotopic (exact) mass is 393 g/mol. The quantitative estimate of drug-likeness (QED) is 0.743. The third-order valence-corrected chi connectivity index (χ3v) is 6.12. The maximum Gasteiger partial charge on any atom is 0.245 e. The van der Waals surface area contributed by atoms with E-state index in [1.54, 1.807) is 7.11 Å². The molecule has 2 aromatic rings. The molecule has 2 aliphatic rings. The number of likely N-dealkylation sites (tertiary alicyclic amines) is 1. The van der Waals surface area contributed by atoms with Gasteiger partial charge in [0.25, 0.3) is 0 Å². The van der Waals surface area contributed by atoms with Crippen molar-refractivity contribution >= 4 is 34.7 Å². The molecule has 1 N–H and O–H groups in total. The zero-order valence-corrected chi connectivity index (χ0v) is 16.6. The summed E-state index contributed by atoms with van der Waals surface area (Å²) < 4.78 is 10.0. The Hall–Kier alpha value is -1.65. The second kappa shape index (κ2) is 9.03. The molecule has 148 valence electrons. The Morgan fingerprint density at radius 2 is 2.00 bits per heavy atom. The number of ether oxygens (including phenoxy) is 1. The number of hydrogen-bond acceptors (Lipinski definition) is 10. The molecule has 0 radical (unpaired) electrons. The van der Waals surface area contributed by atoms with Gasteiger partial charge in [0.05, 0.1) is 6.61 Å². The highest BCUT2D eigenvalue weighted by Crippen LogP contribution is 2.27. The Bertz CT molecular complexity index is 737. The average molecular weight is 394 g/mol. The number of fused-ring (bicyclic) bond motifs is 1. The lowest BCUT2D eigenvalue weighted by molar-refractivity contribution is 0.117. The Balaban J connectivity index is 1.45. The fraction of sp³-hybridized carbons (Fsp3) is 0.765. The smallest absolute Gasteiger partial charge is 0.245 e. The van der Waals surface area contributed by atoms with E-state index >= 15 is 0 Å². The van der Waals surface area contributed by atoms with Gasteiger partial charge in [0.15, 0.2) is 11.6 Å². The van der Waals surface area contributed by atoms with Gasteiger partial charge in [-0.2, -0.15) is 11.8 Å². The van der Waals surface area contributed by atoms with E-state index in [1.165, 1.54) is 12.8 Å². The lowest BCUT2D eigenvalue weighted by Crippen LogP contribution is -2.40. The highest BCUT2D eigenvalue weighted by atomic mass is 32.2. The largest absolute Gasteiger partial charge is 0.383 e. The minimum atomic E-state index is 0.456. The molecule has 0 aliphatic carbocycles. The standard InChI is InChI=1S/C17H27N7O2S/c1-25-8-5-23-4-2-3-13(12-23)11-18-16-17(24-6-9-27-10-7-24)20-15-14(19-16)21-26-22-15/h13H,2-12H2,1H3,(H,18,19,21). The van der Waals surface area contributed by atoms with Gasteiger partial charge in [0.2, 0.25) is 11.3 Å². The number of rotatable bonds is 7. The molecule has 10 heteroatoms. The van der Waals surface area contributed by atoms with Crippen molar-refractivity contribution in [2.24, 2.45) is 5.92 Å². The third-order valence-electron chi connectivity index (χ3n) is 5.18. The van der Waals surface area contributed by atoms with Crippen molar-refractivity contribution in [1.82, 2.24) is 25.2 Å². The lowest BCUT2D eigenvalue weighted by Gasteiger charge is -2.33. The van der Waals surface area contributed by atoms with E-state index in [0.29, 0.717) is 17.2 Å². The molecule has 1 atom stereocenters. The van der Waals surface area contributed by atoms with Gasteiger partial charge in [0, 0.05) is 51.3 Å². The predicted molar refractivity (Wildman–Crippen MR) is 106 cm³/mol. The minimum Gasteiger partial charge on any atom is -0.383 e. The summed E-state index contributed by atoms with van der Waals surface area (Å²) in [6, 6.07) is 0. The van der Waals surface area contributed by atoms with Crippen molar-refractivity contribution in [1.29, 1.82) is 0 Å². The number of nitrogens with zero attached hydrogens (tertiary/aromatic N) is 6. The lowest BCUT2D eigenvalue weighted by atomic mass is 9.98. The van der Waals surface area contributed by atoms with Crippen molar-refractivity contribution in [3.8, 4) is 0 Å². The summed E-state index contributed by atoms with van der Waals surface area (Å²) in [4.78, 5) is 14.1. The van der Waals surface area contributed by atoms with Crippen LogP contribution in [0.15, 0.2) is 4.63 Å². The van der Waals surface area contributed by atoms with Crippen molar-refractivity contribution in [3.05, 3.63) is 0 Å². The van der Waals surface area contributed by atoms with E-state index in [9.17, 15) is 0 Å². The summed E-state index contributed by atoms with van der Waals surface area (Å²) in [6.07, 6.45) is 2.46. The summed E-state index contributed by atoms with van der Waals surface area (Å²) in [7, 11) is 1.76. The van der Waals surface area contributed by atoms with E-state index in [1.807, 2.05) is 11.8 Å². The van der Waals surface area contributed by atoms with E-state index in [2.05, 4.69) is 35.4 Å². The van der Waals surface area contributed by atoms with E-state index < -0.39 is 0 Å². The van der Waals surface area contributed by atoms with Crippen LogP contribution in [0.5, 0.6) is 0 Å². The molecule has 0 amide bonds. The van der Waals surface area contributed by atoms with Crippen molar-refractivity contribution in [2.75, 3.05) is 74.7 Å². The van der Waals surface area contributed by atoms with Gasteiger partial charge in [-0.25, -0.2) is 14.6 Å². The predicted octanol–water partition coefficient (Wildman–Crippen LogP) is 1.34. The van der Waals surface area contributed by atoms with Gasteiger partial charge in [-0.05, 0) is 35.6 Å². The summed E-state index contributed by atoms with van der Waals surface area (Å²) in [5, 5.41) is 11.3. The van der Waals surface area contributed by atoms with Crippen LogP contribution in [0.25, 0.3) is 11.3 Å². The Morgan fingerprint density at radius 3 is 2.81 bits per heavy atom. The molecular formula is C17H27N7O2S. The highest BCUT2D eigenvalue weighted by molar-refractivity contribution is 7.99. The summed E-state index contributed by atoms with van der Waals surface area (Å²) in [5.41, 5.74) is 0.926. The molecule has 2 aromatic heterocycles.